The second-order valence-corrected chi connectivity index (χ2v) is 5.34. The van der Waals surface area contributed by atoms with Crippen molar-refractivity contribution in [2.24, 2.45) is 0 Å². The van der Waals surface area contributed by atoms with Crippen LogP contribution >= 0.6 is 0 Å². The molecule has 1 atom stereocenters. The predicted molar refractivity (Wildman–Crippen MR) is 50.6 cm³/mol. The number of halogens is 2. The topological polar surface area (TPSA) is 71.4 Å². The van der Waals surface area contributed by atoms with Crippen LogP contribution in [0.4, 0.5) is 8.78 Å². The van der Waals surface area contributed by atoms with Gasteiger partial charge in [0, 0.05) is 0 Å². The third-order valence-electron chi connectivity index (χ3n) is 2.01. The van der Waals surface area contributed by atoms with E-state index in [1.807, 2.05) is 0 Å². The van der Waals surface area contributed by atoms with Gasteiger partial charge < -0.3 is 5.11 Å². The van der Waals surface area contributed by atoms with Gasteiger partial charge in [-0.25, -0.2) is 17.2 Å². The molecule has 0 bridgehead atoms. The molecule has 4 nitrogen and oxygen atoms in total. The monoisotopic (exact) mass is 250 g/mol. The molecule has 0 aliphatic carbocycles. The number of sulfone groups is 1. The van der Waals surface area contributed by atoms with Gasteiger partial charge in [-0.1, -0.05) is 0 Å². The minimum atomic E-state index is -4.41. The van der Waals surface area contributed by atoms with Crippen LogP contribution in [0, 0.1) is 11.6 Å². The maximum Gasteiger partial charge on any atom is 0.321 e. The second kappa shape index (κ2) is 4.17. The minimum absolute atomic E-state index is 0.462. The lowest BCUT2D eigenvalue weighted by atomic mass is 10.3. The highest BCUT2D eigenvalue weighted by Gasteiger charge is 2.32. The van der Waals surface area contributed by atoms with Crippen molar-refractivity contribution in [3.8, 4) is 0 Å². The third kappa shape index (κ3) is 2.19. The zero-order valence-electron chi connectivity index (χ0n) is 8.15. The van der Waals surface area contributed by atoms with Gasteiger partial charge in [0.2, 0.25) is 0 Å². The highest BCUT2D eigenvalue weighted by atomic mass is 32.2. The van der Waals surface area contributed by atoms with E-state index in [4.69, 9.17) is 5.11 Å². The summed E-state index contributed by atoms with van der Waals surface area (Å²) in [5, 5.41) is 6.71. The summed E-state index contributed by atoms with van der Waals surface area (Å²) in [6.45, 7) is 0.891. The van der Waals surface area contributed by atoms with Gasteiger partial charge in [-0.15, -0.1) is 0 Å². The van der Waals surface area contributed by atoms with Gasteiger partial charge in [0.1, 0.15) is 16.5 Å². The van der Waals surface area contributed by atoms with Gasteiger partial charge in [0.05, 0.1) is 0 Å². The Kier molecular flexibility index (Phi) is 3.27. The first-order valence-electron chi connectivity index (χ1n) is 4.18. The first kappa shape index (κ1) is 12.6. The molecule has 0 radical (unpaired) electrons. The average molecular weight is 250 g/mol. The summed E-state index contributed by atoms with van der Waals surface area (Å²) in [6.07, 6.45) is 0. The molecule has 7 heteroatoms. The maximum atomic E-state index is 13.2. The predicted octanol–water partition coefficient (Wildman–Crippen LogP) is 1.21. The average Bonchev–Trinajstić information content (AvgIpc) is 2.20. The van der Waals surface area contributed by atoms with E-state index in [0.717, 1.165) is 13.0 Å². The van der Waals surface area contributed by atoms with Crippen molar-refractivity contribution in [3.63, 3.8) is 0 Å². The van der Waals surface area contributed by atoms with Crippen LogP contribution in [0.1, 0.15) is 6.92 Å². The van der Waals surface area contributed by atoms with Crippen molar-refractivity contribution in [2.45, 2.75) is 17.1 Å². The summed E-state index contributed by atoms with van der Waals surface area (Å²) in [5.74, 6) is -3.74. The van der Waals surface area contributed by atoms with E-state index in [1.54, 1.807) is 0 Å². The van der Waals surface area contributed by atoms with Crippen molar-refractivity contribution in [1.29, 1.82) is 0 Å². The lowest BCUT2D eigenvalue weighted by Gasteiger charge is -2.09. The first-order chi connectivity index (χ1) is 7.26. The number of aliphatic carboxylic acids is 1. The number of benzene rings is 1. The van der Waals surface area contributed by atoms with Gasteiger partial charge in [0.25, 0.3) is 0 Å². The third-order valence-corrected chi connectivity index (χ3v) is 4.07. The van der Waals surface area contributed by atoms with E-state index in [0.29, 0.717) is 12.1 Å². The molecule has 1 rings (SSSR count). The molecular weight excluding hydrogens is 242 g/mol. The molecule has 0 aliphatic rings. The number of hydrogen-bond donors (Lipinski definition) is 1. The van der Waals surface area contributed by atoms with E-state index in [9.17, 15) is 22.0 Å². The number of carbonyl (C=O) groups is 1. The summed E-state index contributed by atoms with van der Waals surface area (Å²) in [7, 11) is -4.41. The maximum absolute atomic E-state index is 13.2. The smallest absolute Gasteiger partial charge is 0.321 e. The first-order valence-corrected chi connectivity index (χ1v) is 5.73. The summed E-state index contributed by atoms with van der Waals surface area (Å²) in [4.78, 5) is 9.58. The SMILES string of the molecule is CC(C(=O)O)S(=O)(=O)c1cc(F)ccc1F. The van der Waals surface area contributed by atoms with Crippen LogP contribution in [0.25, 0.3) is 0 Å². The molecule has 0 saturated carbocycles. The van der Waals surface area contributed by atoms with E-state index in [2.05, 4.69) is 0 Å². The molecule has 0 aliphatic heterocycles. The lowest BCUT2D eigenvalue weighted by molar-refractivity contribution is -0.136. The Balaban J connectivity index is 3.38. The molecule has 88 valence electrons. The van der Waals surface area contributed by atoms with Gasteiger partial charge in [-0.3, -0.25) is 4.79 Å². The van der Waals surface area contributed by atoms with Crippen LogP contribution in [0.15, 0.2) is 23.1 Å². The fraction of sp³-hybridized carbons (Fsp3) is 0.222. The quantitative estimate of drug-likeness (QED) is 0.875. The van der Waals surface area contributed by atoms with Crippen LogP contribution in [0.5, 0.6) is 0 Å². The largest absolute Gasteiger partial charge is 0.480 e. The molecular formula is C9H8F2O4S. The Labute approximate surface area is 90.4 Å². The molecule has 1 aromatic carbocycles. The number of rotatable bonds is 3. The van der Waals surface area contributed by atoms with E-state index < -0.39 is 37.6 Å². The Bertz CT molecular complexity index is 524. The standard InChI is InChI=1S/C9H8F2O4S/c1-5(9(12)13)16(14,15)8-4-6(10)2-3-7(8)11/h2-5H,1H3,(H,12,13). The highest BCUT2D eigenvalue weighted by Crippen LogP contribution is 2.20. The van der Waals surface area contributed by atoms with E-state index in [1.165, 1.54) is 0 Å². The van der Waals surface area contributed by atoms with Crippen molar-refractivity contribution in [3.05, 3.63) is 29.8 Å². The van der Waals surface area contributed by atoms with Crippen molar-refractivity contribution in [1.82, 2.24) is 0 Å². The molecule has 0 heterocycles. The fourth-order valence-corrected chi connectivity index (χ4v) is 2.28. The minimum Gasteiger partial charge on any atom is -0.480 e. The molecule has 1 unspecified atom stereocenters. The summed E-state index contributed by atoms with van der Waals surface area (Å²) in [6, 6.07) is 1.85. The number of carboxylic acid groups (broad SMARTS) is 1. The zero-order valence-corrected chi connectivity index (χ0v) is 8.96. The van der Waals surface area contributed by atoms with Gasteiger partial charge in [-0.05, 0) is 25.1 Å². The molecule has 1 aromatic rings. The Morgan fingerprint density at radius 2 is 1.94 bits per heavy atom. The highest BCUT2D eigenvalue weighted by molar-refractivity contribution is 7.92. The molecule has 0 saturated heterocycles. The van der Waals surface area contributed by atoms with E-state index >= 15 is 0 Å². The second-order valence-electron chi connectivity index (χ2n) is 3.10. The van der Waals surface area contributed by atoms with Gasteiger partial charge in [-0.2, -0.15) is 0 Å². The molecule has 0 spiro atoms. The number of hydrogen-bond acceptors (Lipinski definition) is 3. The molecule has 16 heavy (non-hydrogen) atoms. The Morgan fingerprint density at radius 1 is 1.38 bits per heavy atom. The van der Waals surface area contributed by atoms with Crippen molar-refractivity contribution < 1.29 is 27.1 Å². The van der Waals surface area contributed by atoms with Crippen LogP contribution < -0.4 is 0 Å². The van der Waals surface area contributed by atoms with Crippen LogP contribution in [-0.4, -0.2) is 24.7 Å². The lowest BCUT2D eigenvalue weighted by Crippen LogP contribution is -2.27. The normalized spacial score (nSPS) is 13.4. The molecule has 0 fully saturated rings. The number of carboxylic acids is 1. The molecule has 1 N–H and O–H groups in total. The zero-order chi connectivity index (χ0) is 12.5. The van der Waals surface area contributed by atoms with Crippen LogP contribution in [0.3, 0.4) is 0 Å². The van der Waals surface area contributed by atoms with Gasteiger partial charge >= 0.3 is 5.97 Å². The summed E-state index contributed by atoms with van der Waals surface area (Å²) < 4.78 is 49.0. The molecule has 0 amide bonds. The Hall–Kier alpha value is -1.50. The van der Waals surface area contributed by atoms with E-state index in [-0.39, 0.29) is 0 Å². The molecule has 0 aromatic heterocycles. The van der Waals surface area contributed by atoms with Crippen LogP contribution in [0.2, 0.25) is 0 Å². The van der Waals surface area contributed by atoms with Gasteiger partial charge in [0.15, 0.2) is 15.1 Å². The van der Waals surface area contributed by atoms with Crippen molar-refractivity contribution in [2.75, 3.05) is 0 Å². The summed E-state index contributed by atoms with van der Waals surface area (Å²) in [5.41, 5.74) is 0. The summed E-state index contributed by atoms with van der Waals surface area (Å²) >= 11 is 0. The fourth-order valence-electron chi connectivity index (χ4n) is 1.02. The van der Waals surface area contributed by atoms with Crippen molar-refractivity contribution >= 4 is 15.8 Å². The van der Waals surface area contributed by atoms with Crippen LogP contribution in [-0.2, 0) is 14.6 Å². The Morgan fingerprint density at radius 3 is 2.44 bits per heavy atom.